The number of nitro groups is 1. The maximum absolute atomic E-state index is 10.5. The molecule has 7 heteroatoms. The van der Waals surface area contributed by atoms with Gasteiger partial charge in [0.05, 0.1) is 20.4 Å². The molecule has 0 saturated carbocycles. The van der Waals surface area contributed by atoms with Crippen molar-refractivity contribution in [2.75, 3.05) is 7.11 Å². The van der Waals surface area contributed by atoms with Crippen LogP contribution in [0.2, 0.25) is 0 Å². The van der Waals surface area contributed by atoms with Crippen LogP contribution < -0.4 is 0 Å². The number of carbonyl (C=O) groups is 1. The Balaban J connectivity index is 0.000000771. The summed E-state index contributed by atoms with van der Waals surface area (Å²) in [6.07, 6.45) is 1.97. The lowest BCUT2D eigenvalue weighted by atomic mass is 10.3. The number of hydrogen-bond donors (Lipinski definition) is 1. The minimum absolute atomic E-state index is 0.0454. The van der Waals surface area contributed by atoms with Gasteiger partial charge < -0.3 is 5.11 Å². The zero-order valence-electron chi connectivity index (χ0n) is 9.44. The number of aldehydes is 1. The molecule has 0 unspecified atom stereocenters. The topological polar surface area (TPSA) is 93.3 Å². The van der Waals surface area contributed by atoms with E-state index in [1.807, 2.05) is 0 Å². The largest absolute Gasteiger partial charge is 0.400 e. The van der Waals surface area contributed by atoms with Crippen molar-refractivity contribution in [3.63, 3.8) is 0 Å². The van der Waals surface area contributed by atoms with Crippen LogP contribution in [0.3, 0.4) is 0 Å². The van der Waals surface area contributed by atoms with Gasteiger partial charge in [0.1, 0.15) is 6.20 Å². The summed E-state index contributed by atoms with van der Waals surface area (Å²) >= 11 is 1.30. The van der Waals surface area contributed by atoms with Gasteiger partial charge in [-0.25, -0.2) is 4.98 Å². The van der Waals surface area contributed by atoms with Crippen molar-refractivity contribution in [2.24, 2.45) is 0 Å². The van der Waals surface area contributed by atoms with Crippen LogP contribution in [-0.4, -0.2) is 28.4 Å². The molecule has 2 aromatic rings. The Morgan fingerprint density at radius 1 is 1.33 bits per heavy atom. The molecular formula is C11H10N2O4S. The second-order valence-electron chi connectivity index (χ2n) is 2.98. The van der Waals surface area contributed by atoms with Gasteiger partial charge in [-0.3, -0.25) is 14.9 Å². The van der Waals surface area contributed by atoms with E-state index in [0.717, 1.165) is 18.3 Å². The van der Waals surface area contributed by atoms with Crippen molar-refractivity contribution < 1.29 is 14.8 Å². The zero-order chi connectivity index (χ0) is 13.5. The zero-order valence-corrected chi connectivity index (χ0v) is 10.3. The van der Waals surface area contributed by atoms with Gasteiger partial charge >= 0.3 is 0 Å². The number of rotatable bonds is 3. The highest BCUT2D eigenvalue weighted by atomic mass is 32.1. The smallest absolute Gasteiger partial charge is 0.287 e. The molecule has 0 aromatic carbocycles. The molecule has 2 aromatic heterocycles. The number of aliphatic hydroxyl groups is 1. The van der Waals surface area contributed by atoms with E-state index >= 15 is 0 Å². The lowest BCUT2D eigenvalue weighted by Crippen LogP contribution is -1.89. The SMILES string of the molecule is CO.O=Cc1ccc(-c2ccc([N+](=O)[O-])cn2)s1. The van der Waals surface area contributed by atoms with Crippen LogP contribution in [0.15, 0.2) is 30.5 Å². The highest BCUT2D eigenvalue weighted by molar-refractivity contribution is 7.17. The van der Waals surface area contributed by atoms with E-state index < -0.39 is 4.92 Å². The first-order valence-electron chi connectivity index (χ1n) is 4.81. The van der Waals surface area contributed by atoms with Crippen molar-refractivity contribution in [3.05, 3.63) is 45.5 Å². The first-order chi connectivity index (χ1) is 8.70. The number of carbonyl (C=O) groups excluding carboxylic acids is 1. The van der Waals surface area contributed by atoms with Crippen molar-refractivity contribution in [1.29, 1.82) is 0 Å². The Morgan fingerprint density at radius 2 is 2.06 bits per heavy atom. The minimum Gasteiger partial charge on any atom is -0.400 e. The van der Waals surface area contributed by atoms with E-state index in [0.29, 0.717) is 10.6 Å². The van der Waals surface area contributed by atoms with Crippen LogP contribution in [-0.2, 0) is 0 Å². The van der Waals surface area contributed by atoms with Crippen molar-refractivity contribution >= 4 is 23.3 Å². The van der Waals surface area contributed by atoms with E-state index in [1.54, 1.807) is 18.2 Å². The van der Waals surface area contributed by atoms with E-state index in [9.17, 15) is 14.9 Å². The molecule has 0 aliphatic carbocycles. The molecule has 0 saturated heterocycles. The molecule has 18 heavy (non-hydrogen) atoms. The second kappa shape index (κ2) is 6.58. The molecule has 2 rings (SSSR count). The first kappa shape index (κ1) is 13.9. The molecule has 0 fully saturated rings. The van der Waals surface area contributed by atoms with Gasteiger partial charge in [-0.05, 0) is 18.2 Å². The number of hydrogen-bond acceptors (Lipinski definition) is 6. The monoisotopic (exact) mass is 266 g/mol. The normalized spacial score (nSPS) is 9.22. The molecule has 1 N–H and O–H groups in total. The quantitative estimate of drug-likeness (QED) is 0.522. The summed E-state index contributed by atoms with van der Waals surface area (Å²) in [6.45, 7) is 0. The Labute approximate surface area is 107 Å². The summed E-state index contributed by atoms with van der Waals surface area (Å²) in [6, 6.07) is 6.42. The fraction of sp³-hybridized carbons (Fsp3) is 0.0909. The van der Waals surface area contributed by atoms with Crippen LogP contribution in [0.1, 0.15) is 9.67 Å². The lowest BCUT2D eigenvalue weighted by molar-refractivity contribution is -0.385. The van der Waals surface area contributed by atoms with Crippen molar-refractivity contribution in [2.45, 2.75) is 0 Å². The number of aromatic nitrogens is 1. The molecule has 0 aliphatic heterocycles. The molecule has 0 bridgehead atoms. The summed E-state index contributed by atoms with van der Waals surface area (Å²) in [5, 5.41) is 17.4. The molecule has 0 amide bonds. The Bertz CT molecular complexity index is 536. The van der Waals surface area contributed by atoms with Crippen LogP contribution in [0.25, 0.3) is 10.6 Å². The molecule has 0 aliphatic rings. The van der Waals surface area contributed by atoms with Crippen molar-refractivity contribution in [3.8, 4) is 10.6 Å². The summed E-state index contributed by atoms with van der Waals surface area (Å²) in [4.78, 5) is 25.8. The highest BCUT2D eigenvalue weighted by Crippen LogP contribution is 2.26. The summed E-state index contributed by atoms with van der Waals surface area (Å²) in [7, 11) is 1.00. The average Bonchev–Trinajstić information content (AvgIpc) is 2.90. The van der Waals surface area contributed by atoms with Gasteiger partial charge in [0, 0.05) is 13.2 Å². The molecule has 6 nitrogen and oxygen atoms in total. The Hall–Kier alpha value is -2.12. The number of nitrogens with zero attached hydrogens (tertiary/aromatic N) is 2. The standard InChI is InChI=1S/C10H6N2O3S.CH4O/c13-6-8-2-4-10(16-8)9-3-1-7(5-11-9)12(14)15;1-2/h1-6H;2H,1H3. The molecule has 0 radical (unpaired) electrons. The number of aliphatic hydroxyl groups excluding tert-OH is 1. The van der Waals surface area contributed by atoms with E-state index in [1.165, 1.54) is 23.6 Å². The first-order valence-corrected chi connectivity index (χ1v) is 5.63. The molecule has 94 valence electrons. The van der Waals surface area contributed by atoms with E-state index in [4.69, 9.17) is 5.11 Å². The molecule has 0 atom stereocenters. The number of thiophene rings is 1. The summed E-state index contributed by atoms with van der Waals surface area (Å²) in [5.74, 6) is 0. The third-order valence-corrected chi connectivity index (χ3v) is 2.99. The fourth-order valence-corrected chi connectivity index (χ4v) is 1.99. The summed E-state index contributed by atoms with van der Waals surface area (Å²) < 4.78 is 0. The lowest BCUT2D eigenvalue weighted by Gasteiger charge is -1.95. The third-order valence-electron chi connectivity index (χ3n) is 1.95. The maximum atomic E-state index is 10.5. The molecule has 0 spiro atoms. The third kappa shape index (κ3) is 3.19. The van der Waals surface area contributed by atoms with Crippen molar-refractivity contribution in [1.82, 2.24) is 4.98 Å². The Kier molecular flexibility index (Phi) is 5.09. The van der Waals surface area contributed by atoms with Gasteiger partial charge in [0.15, 0.2) is 6.29 Å². The van der Waals surface area contributed by atoms with Crippen LogP contribution in [0.4, 0.5) is 5.69 Å². The van der Waals surface area contributed by atoms with Crippen LogP contribution in [0.5, 0.6) is 0 Å². The Morgan fingerprint density at radius 3 is 2.50 bits per heavy atom. The predicted octanol–water partition coefficient (Wildman–Crippen LogP) is 2.14. The van der Waals surface area contributed by atoms with Gasteiger partial charge in [-0.15, -0.1) is 11.3 Å². The maximum Gasteiger partial charge on any atom is 0.287 e. The molecular weight excluding hydrogens is 256 g/mol. The predicted molar refractivity (Wildman–Crippen MR) is 67.7 cm³/mol. The minimum atomic E-state index is -0.498. The fourth-order valence-electron chi connectivity index (χ4n) is 1.19. The highest BCUT2D eigenvalue weighted by Gasteiger charge is 2.08. The second-order valence-corrected chi connectivity index (χ2v) is 4.09. The average molecular weight is 266 g/mol. The van der Waals surface area contributed by atoms with Gasteiger partial charge in [0.25, 0.3) is 5.69 Å². The van der Waals surface area contributed by atoms with Crippen LogP contribution >= 0.6 is 11.3 Å². The number of pyridine rings is 1. The van der Waals surface area contributed by atoms with Gasteiger partial charge in [-0.2, -0.15) is 0 Å². The van der Waals surface area contributed by atoms with Crippen LogP contribution in [0, 0.1) is 10.1 Å². The van der Waals surface area contributed by atoms with Gasteiger partial charge in [0.2, 0.25) is 0 Å². The molecule has 2 heterocycles. The van der Waals surface area contributed by atoms with E-state index in [-0.39, 0.29) is 5.69 Å². The summed E-state index contributed by atoms with van der Waals surface area (Å²) in [5.41, 5.74) is 0.583. The van der Waals surface area contributed by atoms with E-state index in [2.05, 4.69) is 4.98 Å². The van der Waals surface area contributed by atoms with Gasteiger partial charge in [-0.1, -0.05) is 0 Å².